The van der Waals surface area contributed by atoms with E-state index >= 15 is 0 Å². The number of nitrogens with zero attached hydrogens (tertiary/aromatic N) is 2. The Morgan fingerprint density at radius 2 is 1.23 bits per heavy atom. The number of benzene rings is 1. The molecule has 9 nitrogen and oxygen atoms in total. The Labute approximate surface area is 234 Å². The van der Waals surface area contributed by atoms with Crippen LogP contribution in [0.25, 0.3) is 0 Å². The molecule has 1 rings (SSSR count). The molecule has 39 heavy (non-hydrogen) atoms. The number of nitro benzene ring substituents is 2. The molecule has 0 saturated heterocycles. The van der Waals surface area contributed by atoms with Gasteiger partial charge in [-0.1, -0.05) is 110 Å². The number of nitrogens with one attached hydrogen (secondary N) is 1. The first-order valence-corrected chi connectivity index (χ1v) is 15.3. The zero-order chi connectivity index (χ0) is 28.6. The standard InChI is InChI=1S/C30H51N3O6/c1-2-3-4-5-6-7-8-9-10-11-12-13-14-15-16-20-25-39-30(34)21-18-17-19-24-31-28-23-22-27(32(35)36)26-29(28)33(37)38/h22-23,26,31H,2-21,24-25H2,1H3. The number of nitro groups is 2. The summed E-state index contributed by atoms with van der Waals surface area (Å²) in [5.41, 5.74) is -0.379. The first-order valence-electron chi connectivity index (χ1n) is 15.3. The molecule has 0 heterocycles. The van der Waals surface area contributed by atoms with Crippen LogP contribution < -0.4 is 5.32 Å². The predicted octanol–water partition coefficient (Wildman–Crippen LogP) is 9.28. The quantitative estimate of drug-likeness (QED) is 0.0528. The van der Waals surface area contributed by atoms with Crippen LogP contribution in [-0.4, -0.2) is 29.0 Å². The highest BCUT2D eigenvalue weighted by Crippen LogP contribution is 2.29. The average Bonchev–Trinajstić information content (AvgIpc) is 2.92. The van der Waals surface area contributed by atoms with Crippen molar-refractivity contribution in [1.29, 1.82) is 0 Å². The summed E-state index contributed by atoms with van der Waals surface area (Å²) in [6.45, 7) is 3.23. The molecular formula is C30H51N3O6. The number of ether oxygens (including phenoxy) is 1. The van der Waals surface area contributed by atoms with Crippen LogP contribution in [0.3, 0.4) is 0 Å². The fourth-order valence-electron chi connectivity index (χ4n) is 4.64. The van der Waals surface area contributed by atoms with Crippen molar-refractivity contribution in [2.75, 3.05) is 18.5 Å². The first-order chi connectivity index (χ1) is 19.0. The van der Waals surface area contributed by atoms with Crippen LogP contribution >= 0.6 is 0 Å². The summed E-state index contributed by atoms with van der Waals surface area (Å²) >= 11 is 0. The third-order valence-electron chi connectivity index (χ3n) is 7.02. The van der Waals surface area contributed by atoms with Crippen molar-refractivity contribution in [3.8, 4) is 0 Å². The Hall–Kier alpha value is -2.71. The average molecular weight is 550 g/mol. The number of carbonyl (C=O) groups excluding carboxylic acids is 1. The third kappa shape index (κ3) is 18.3. The second-order valence-corrected chi connectivity index (χ2v) is 10.5. The summed E-state index contributed by atoms with van der Waals surface area (Å²) in [4.78, 5) is 32.6. The molecule has 0 radical (unpaired) electrons. The predicted molar refractivity (Wildman–Crippen MR) is 157 cm³/mol. The molecule has 0 fully saturated rings. The Kier molecular flexibility index (Phi) is 20.4. The fourth-order valence-corrected chi connectivity index (χ4v) is 4.64. The topological polar surface area (TPSA) is 125 Å². The van der Waals surface area contributed by atoms with Crippen molar-refractivity contribution in [1.82, 2.24) is 0 Å². The molecular weight excluding hydrogens is 498 g/mol. The van der Waals surface area contributed by atoms with E-state index < -0.39 is 9.85 Å². The van der Waals surface area contributed by atoms with E-state index in [-0.39, 0.29) is 23.0 Å². The number of rotatable bonds is 26. The van der Waals surface area contributed by atoms with Crippen LogP contribution in [0.4, 0.5) is 17.1 Å². The molecule has 0 unspecified atom stereocenters. The van der Waals surface area contributed by atoms with E-state index in [0.29, 0.717) is 26.0 Å². The molecule has 0 aliphatic rings. The van der Waals surface area contributed by atoms with Crippen LogP contribution in [0.5, 0.6) is 0 Å². The van der Waals surface area contributed by atoms with Gasteiger partial charge in [-0.15, -0.1) is 0 Å². The van der Waals surface area contributed by atoms with E-state index in [9.17, 15) is 25.0 Å². The van der Waals surface area contributed by atoms with Crippen molar-refractivity contribution < 1.29 is 19.4 Å². The second-order valence-electron chi connectivity index (χ2n) is 10.5. The number of hydrogen-bond donors (Lipinski definition) is 1. The van der Waals surface area contributed by atoms with Gasteiger partial charge in [-0.05, 0) is 25.3 Å². The molecule has 0 aliphatic heterocycles. The van der Waals surface area contributed by atoms with Crippen LogP contribution in [0.15, 0.2) is 18.2 Å². The lowest BCUT2D eigenvalue weighted by Gasteiger charge is -2.07. The van der Waals surface area contributed by atoms with Crippen LogP contribution in [-0.2, 0) is 9.53 Å². The fraction of sp³-hybridized carbons (Fsp3) is 0.767. The maximum absolute atomic E-state index is 11.9. The lowest BCUT2D eigenvalue weighted by atomic mass is 10.0. The second kappa shape index (κ2) is 23.2. The minimum absolute atomic E-state index is 0.171. The zero-order valence-electron chi connectivity index (χ0n) is 24.1. The molecule has 1 aromatic rings. The van der Waals surface area contributed by atoms with Gasteiger partial charge in [-0.25, -0.2) is 0 Å². The van der Waals surface area contributed by atoms with E-state index in [1.165, 1.54) is 102 Å². The van der Waals surface area contributed by atoms with E-state index in [4.69, 9.17) is 4.74 Å². The lowest BCUT2D eigenvalue weighted by Crippen LogP contribution is -2.07. The van der Waals surface area contributed by atoms with E-state index in [1.54, 1.807) is 0 Å². The van der Waals surface area contributed by atoms with Crippen LogP contribution in [0.1, 0.15) is 135 Å². The van der Waals surface area contributed by atoms with Gasteiger partial charge in [0.05, 0.1) is 22.5 Å². The highest BCUT2D eigenvalue weighted by molar-refractivity contribution is 5.69. The lowest BCUT2D eigenvalue weighted by molar-refractivity contribution is -0.393. The van der Waals surface area contributed by atoms with Gasteiger partial charge in [0.15, 0.2) is 0 Å². The van der Waals surface area contributed by atoms with Crippen molar-refractivity contribution >= 4 is 23.0 Å². The summed E-state index contributed by atoms with van der Waals surface area (Å²) in [5.74, 6) is -0.171. The van der Waals surface area contributed by atoms with Crippen LogP contribution in [0, 0.1) is 20.2 Å². The molecule has 0 amide bonds. The van der Waals surface area contributed by atoms with E-state index in [0.717, 1.165) is 31.7 Å². The molecule has 1 N–H and O–H groups in total. The SMILES string of the molecule is CCCCCCCCCCCCCCCCCCOC(=O)CCCCCNc1ccc([N+](=O)[O-])cc1[N+](=O)[O-]. The summed E-state index contributed by atoms with van der Waals surface area (Å²) in [7, 11) is 0. The van der Waals surface area contributed by atoms with Gasteiger partial charge in [0.2, 0.25) is 0 Å². The minimum atomic E-state index is -0.656. The van der Waals surface area contributed by atoms with E-state index in [1.807, 2.05) is 0 Å². The molecule has 0 bridgehead atoms. The normalized spacial score (nSPS) is 10.9. The van der Waals surface area contributed by atoms with Crippen molar-refractivity contribution in [3.05, 3.63) is 38.4 Å². The van der Waals surface area contributed by atoms with Gasteiger partial charge in [0.25, 0.3) is 11.4 Å². The molecule has 0 atom stereocenters. The molecule has 9 heteroatoms. The minimum Gasteiger partial charge on any atom is -0.466 e. The number of anilines is 1. The largest absolute Gasteiger partial charge is 0.466 e. The number of carbonyl (C=O) groups is 1. The van der Waals surface area contributed by atoms with Gasteiger partial charge in [-0.3, -0.25) is 25.0 Å². The molecule has 0 saturated carbocycles. The molecule has 0 aliphatic carbocycles. The Bertz CT molecular complexity index is 818. The number of non-ortho nitro benzene ring substituents is 1. The van der Waals surface area contributed by atoms with E-state index in [2.05, 4.69) is 12.2 Å². The van der Waals surface area contributed by atoms with Gasteiger partial charge < -0.3 is 10.1 Å². The van der Waals surface area contributed by atoms with Crippen molar-refractivity contribution in [2.24, 2.45) is 0 Å². The van der Waals surface area contributed by atoms with Gasteiger partial charge in [-0.2, -0.15) is 0 Å². The van der Waals surface area contributed by atoms with Gasteiger partial charge in [0, 0.05) is 19.0 Å². The van der Waals surface area contributed by atoms with Crippen molar-refractivity contribution in [3.63, 3.8) is 0 Å². The zero-order valence-corrected chi connectivity index (χ0v) is 24.1. The molecule has 222 valence electrons. The maximum Gasteiger partial charge on any atom is 0.305 e. The summed E-state index contributed by atoms with van der Waals surface area (Å²) in [6.07, 6.45) is 23.6. The summed E-state index contributed by atoms with van der Waals surface area (Å²) < 4.78 is 5.33. The third-order valence-corrected chi connectivity index (χ3v) is 7.02. The Balaban J connectivity index is 1.90. The highest BCUT2D eigenvalue weighted by Gasteiger charge is 2.19. The van der Waals surface area contributed by atoms with Crippen LogP contribution in [0.2, 0.25) is 0 Å². The number of unbranched alkanes of at least 4 members (excludes halogenated alkanes) is 17. The highest BCUT2D eigenvalue weighted by atomic mass is 16.6. The summed E-state index contributed by atoms with van der Waals surface area (Å²) in [5, 5.41) is 24.9. The first kappa shape index (κ1) is 34.3. The monoisotopic (exact) mass is 549 g/mol. The summed E-state index contributed by atoms with van der Waals surface area (Å²) in [6, 6.07) is 3.55. The Morgan fingerprint density at radius 1 is 0.718 bits per heavy atom. The van der Waals surface area contributed by atoms with Gasteiger partial charge >= 0.3 is 5.97 Å². The smallest absolute Gasteiger partial charge is 0.305 e. The maximum atomic E-state index is 11.9. The number of hydrogen-bond acceptors (Lipinski definition) is 7. The molecule has 0 spiro atoms. The van der Waals surface area contributed by atoms with Gasteiger partial charge in [0.1, 0.15) is 5.69 Å². The van der Waals surface area contributed by atoms with Crippen molar-refractivity contribution in [2.45, 2.75) is 135 Å². The molecule has 0 aromatic heterocycles. The number of esters is 1. The Morgan fingerprint density at radius 3 is 1.74 bits per heavy atom. The molecule has 1 aromatic carbocycles.